The number of furan rings is 1. The van der Waals surface area contributed by atoms with Gasteiger partial charge in [0.2, 0.25) is 0 Å². The van der Waals surface area contributed by atoms with E-state index in [1.807, 2.05) is 26.0 Å². The van der Waals surface area contributed by atoms with Crippen molar-refractivity contribution in [2.45, 2.75) is 38.5 Å². The Morgan fingerprint density at radius 1 is 1.39 bits per heavy atom. The van der Waals surface area contributed by atoms with Gasteiger partial charge in [0.15, 0.2) is 5.76 Å². The van der Waals surface area contributed by atoms with Crippen LogP contribution < -0.4 is 0 Å². The van der Waals surface area contributed by atoms with Gasteiger partial charge in [-0.05, 0) is 45.2 Å². The lowest BCUT2D eigenvalue weighted by atomic mass is 9.70. The third-order valence-electron chi connectivity index (χ3n) is 3.60. The second-order valence-electron chi connectivity index (χ2n) is 4.88. The Balaban J connectivity index is 2.04. The zero-order valence-electron chi connectivity index (χ0n) is 10.5. The van der Waals surface area contributed by atoms with Crippen LogP contribution in [0.1, 0.15) is 34.9 Å². The Bertz CT molecular complexity index is 629. The summed E-state index contributed by atoms with van der Waals surface area (Å²) in [5.41, 5.74) is 0.569. The maximum atomic E-state index is 9.36. The first kappa shape index (κ1) is 11.5. The fourth-order valence-corrected chi connectivity index (χ4v) is 3.41. The SMILES string of the molecule is Cc1ccc(-c2nc(C3(C#N)CCC3)sc2C)o1. The van der Waals surface area contributed by atoms with Crippen LogP contribution in [-0.2, 0) is 5.41 Å². The summed E-state index contributed by atoms with van der Waals surface area (Å²) in [6.07, 6.45) is 3.00. The number of rotatable bonds is 2. The standard InChI is InChI=1S/C14H14N2OS/c1-9-4-5-11(17-9)12-10(2)18-13(16-12)14(8-15)6-3-7-14/h4-5H,3,6-7H2,1-2H3. The van der Waals surface area contributed by atoms with Crippen LogP contribution in [0.4, 0.5) is 0 Å². The summed E-state index contributed by atoms with van der Waals surface area (Å²) in [4.78, 5) is 5.79. The highest BCUT2D eigenvalue weighted by Gasteiger charge is 2.42. The van der Waals surface area contributed by atoms with E-state index < -0.39 is 0 Å². The lowest BCUT2D eigenvalue weighted by molar-refractivity contribution is 0.323. The number of thiazole rings is 1. The molecule has 0 bridgehead atoms. The minimum atomic E-state index is -0.324. The Hall–Kier alpha value is -1.60. The molecular weight excluding hydrogens is 244 g/mol. The summed E-state index contributed by atoms with van der Waals surface area (Å²) in [7, 11) is 0. The first-order chi connectivity index (χ1) is 8.64. The molecular formula is C14H14N2OS. The van der Waals surface area contributed by atoms with Crippen LogP contribution in [-0.4, -0.2) is 4.98 Å². The van der Waals surface area contributed by atoms with Gasteiger partial charge in [0.05, 0.1) is 6.07 Å². The van der Waals surface area contributed by atoms with Crippen molar-refractivity contribution < 1.29 is 4.42 Å². The molecule has 1 aliphatic carbocycles. The normalized spacial score (nSPS) is 17.2. The lowest BCUT2D eigenvalue weighted by Crippen LogP contribution is -2.32. The van der Waals surface area contributed by atoms with E-state index >= 15 is 0 Å². The van der Waals surface area contributed by atoms with Gasteiger partial charge >= 0.3 is 0 Å². The Morgan fingerprint density at radius 3 is 2.67 bits per heavy atom. The van der Waals surface area contributed by atoms with Crippen molar-refractivity contribution in [1.29, 1.82) is 5.26 Å². The summed E-state index contributed by atoms with van der Waals surface area (Å²) < 4.78 is 5.62. The van der Waals surface area contributed by atoms with E-state index in [1.54, 1.807) is 11.3 Å². The highest BCUT2D eigenvalue weighted by Crippen LogP contribution is 2.46. The molecule has 2 heterocycles. The molecule has 92 valence electrons. The summed E-state index contributed by atoms with van der Waals surface area (Å²) in [5, 5.41) is 10.3. The molecule has 2 aromatic rings. The zero-order chi connectivity index (χ0) is 12.8. The van der Waals surface area contributed by atoms with E-state index in [0.29, 0.717) is 0 Å². The van der Waals surface area contributed by atoms with E-state index in [4.69, 9.17) is 4.42 Å². The monoisotopic (exact) mass is 258 g/mol. The van der Waals surface area contributed by atoms with Crippen LogP contribution in [0.25, 0.3) is 11.5 Å². The van der Waals surface area contributed by atoms with Crippen molar-refractivity contribution in [1.82, 2.24) is 4.98 Å². The molecule has 2 aromatic heterocycles. The molecule has 0 radical (unpaired) electrons. The van der Waals surface area contributed by atoms with E-state index in [-0.39, 0.29) is 5.41 Å². The van der Waals surface area contributed by atoms with Crippen LogP contribution in [0, 0.1) is 25.2 Å². The molecule has 4 heteroatoms. The van der Waals surface area contributed by atoms with Gasteiger partial charge in [0.1, 0.15) is 21.9 Å². The molecule has 18 heavy (non-hydrogen) atoms. The van der Waals surface area contributed by atoms with Gasteiger partial charge in [-0.1, -0.05) is 0 Å². The maximum Gasteiger partial charge on any atom is 0.153 e. The predicted molar refractivity (Wildman–Crippen MR) is 70.4 cm³/mol. The fraction of sp³-hybridized carbons (Fsp3) is 0.429. The largest absolute Gasteiger partial charge is 0.460 e. The van der Waals surface area contributed by atoms with E-state index in [1.165, 1.54) is 0 Å². The molecule has 0 saturated heterocycles. The summed E-state index contributed by atoms with van der Waals surface area (Å²) in [6.45, 7) is 3.97. The molecule has 1 saturated carbocycles. The van der Waals surface area contributed by atoms with Crippen molar-refractivity contribution in [2.24, 2.45) is 0 Å². The fourth-order valence-electron chi connectivity index (χ4n) is 2.30. The van der Waals surface area contributed by atoms with Crippen molar-refractivity contribution in [3.8, 4) is 17.5 Å². The van der Waals surface area contributed by atoms with Gasteiger partial charge in [0.25, 0.3) is 0 Å². The van der Waals surface area contributed by atoms with Crippen molar-refractivity contribution >= 4 is 11.3 Å². The second-order valence-corrected chi connectivity index (χ2v) is 6.08. The van der Waals surface area contributed by atoms with Crippen LogP contribution in [0.15, 0.2) is 16.5 Å². The van der Waals surface area contributed by atoms with E-state index in [2.05, 4.69) is 11.1 Å². The first-order valence-corrected chi connectivity index (χ1v) is 6.92. The topological polar surface area (TPSA) is 49.8 Å². The Morgan fingerprint density at radius 2 is 2.17 bits per heavy atom. The van der Waals surface area contributed by atoms with E-state index in [0.717, 1.165) is 46.4 Å². The van der Waals surface area contributed by atoms with Crippen LogP contribution in [0.3, 0.4) is 0 Å². The average molecular weight is 258 g/mol. The van der Waals surface area contributed by atoms with Crippen LogP contribution in [0.5, 0.6) is 0 Å². The Kier molecular flexibility index (Phi) is 2.53. The smallest absolute Gasteiger partial charge is 0.153 e. The van der Waals surface area contributed by atoms with Crippen LogP contribution in [0.2, 0.25) is 0 Å². The van der Waals surface area contributed by atoms with Crippen molar-refractivity contribution in [3.63, 3.8) is 0 Å². The molecule has 0 unspecified atom stereocenters. The molecule has 1 aliphatic rings. The van der Waals surface area contributed by atoms with Crippen molar-refractivity contribution in [3.05, 3.63) is 27.8 Å². The third-order valence-corrected chi connectivity index (χ3v) is 4.78. The molecule has 0 aromatic carbocycles. The molecule has 0 spiro atoms. The summed E-state index contributed by atoms with van der Waals surface area (Å²) in [6, 6.07) is 6.33. The van der Waals surface area contributed by atoms with Gasteiger partial charge in [-0.15, -0.1) is 11.3 Å². The number of nitrogens with zero attached hydrogens (tertiary/aromatic N) is 2. The van der Waals surface area contributed by atoms with Crippen LogP contribution >= 0.6 is 11.3 Å². The highest BCUT2D eigenvalue weighted by molar-refractivity contribution is 7.12. The summed E-state index contributed by atoms with van der Waals surface area (Å²) >= 11 is 1.63. The molecule has 0 atom stereocenters. The number of aryl methyl sites for hydroxylation is 2. The average Bonchev–Trinajstić information content (AvgIpc) is 2.85. The molecule has 0 amide bonds. The second kappa shape index (κ2) is 3.96. The molecule has 0 N–H and O–H groups in total. The quantitative estimate of drug-likeness (QED) is 0.819. The van der Waals surface area contributed by atoms with Gasteiger partial charge < -0.3 is 4.42 Å². The van der Waals surface area contributed by atoms with E-state index in [9.17, 15) is 5.26 Å². The van der Waals surface area contributed by atoms with Gasteiger partial charge in [-0.2, -0.15) is 5.26 Å². The number of hydrogen-bond donors (Lipinski definition) is 0. The van der Waals surface area contributed by atoms with Gasteiger partial charge in [-0.3, -0.25) is 0 Å². The minimum Gasteiger partial charge on any atom is -0.460 e. The molecule has 3 nitrogen and oxygen atoms in total. The van der Waals surface area contributed by atoms with Gasteiger partial charge in [0, 0.05) is 4.88 Å². The lowest BCUT2D eigenvalue weighted by Gasteiger charge is -2.32. The highest BCUT2D eigenvalue weighted by atomic mass is 32.1. The van der Waals surface area contributed by atoms with Gasteiger partial charge in [-0.25, -0.2) is 4.98 Å². The van der Waals surface area contributed by atoms with Crippen molar-refractivity contribution in [2.75, 3.05) is 0 Å². The minimum absolute atomic E-state index is 0.324. The predicted octanol–water partition coefficient (Wildman–Crippen LogP) is 3.97. The Labute approximate surface area is 110 Å². The zero-order valence-corrected chi connectivity index (χ0v) is 11.3. The maximum absolute atomic E-state index is 9.36. The molecule has 1 fully saturated rings. The third kappa shape index (κ3) is 1.58. The molecule has 0 aliphatic heterocycles. The number of aromatic nitrogens is 1. The first-order valence-electron chi connectivity index (χ1n) is 6.11. The summed E-state index contributed by atoms with van der Waals surface area (Å²) in [5.74, 6) is 1.69. The molecule has 3 rings (SSSR count). The number of hydrogen-bond acceptors (Lipinski definition) is 4. The number of nitriles is 1.